The number of pyridine rings is 2. The molecule has 6 rings (SSSR count). The van der Waals surface area contributed by atoms with Gasteiger partial charge in [0, 0.05) is 43.2 Å². The van der Waals surface area contributed by atoms with Crippen LogP contribution < -0.4 is 20.7 Å². The van der Waals surface area contributed by atoms with Crippen LogP contribution in [0, 0.1) is 0 Å². The Kier molecular flexibility index (Phi) is 6.79. The Morgan fingerprint density at radius 2 is 1.89 bits per heavy atom. The minimum Gasteiger partial charge on any atom is -0.494 e. The van der Waals surface area contributed by atoms with Gasteiger partial charge in [0.25, 0.3) is 0 Å². The smallest absolute Gasteiger partial charge is 0.162 e. The summed E-state index contributed by atoms with van der Waals surface area (Å²) in [5, 5.41) is 11.3. The average molecular weight is 498 g/mol. The predicted molar refractivity (Wildman–Crippen MR) is 145 cm³/mol. The number of benzene rings is 1. The number of ether oxygens (including phenoxy) is 2. The Labute approximate surface area is 216 Å². The fraction of sp³-hybridized carbons (Fsp3) is 0.357. The summed E-state index contributed by atoms with van der Waals surface area (Å²) >= 11 is 0. The average Bonchev–Trinajstić information content (AvgIpc) is 3.47. The molecule has 3 N–H and O–H groups in total. The SMILES string of the molecule is COc1cncc2nc(-c3ccnc(Nc4ccc(C5CCOCC5)cc4)c3)nc(NC3CCNC3)c12. The minimum absolute atomic E-state index is 0.294. The lowest BCUT2D eigenvalue weighted by Gasteiger charge is -2.22. The summed E-state index contributed by atoms with van der Waals surface area (Å²) in [6.45, 7) is 3.57. The summed E-state index contributed by atoms with van der Waals surface area (Å²) in [5.74, 6) is 3.32. The van der Waals surface area contributed by atoms with E-state index in [1.807, 2.05) is 12.1 Å². The highest BCUT2D eigenvalue weighted by molar-refractivity contribution is 5.95. The molecule has 2 fully saturated rings. The molecular weight excluding hydrogens is 466 g/mol. The van der Waals surface area contributed by atoms with Crippen LogP contribution in [0.3, 0.4) is 0 Å². The zero-order chi connectivity index (χ0) is 25.0. The summed E-state index contributed by atoms with van der Waals surface area (Å²) in [4.78, 5) is 18.6. The molecule has 2 aliphatic heterocycles. The van der Waals surface area contributed by atoms with E-state index in [0.29, 0.717) is 23.5 Å². The van der Waals surface area contributed by atoms with E-state index in [9.17, 15) is 0 Å². The molecule has 9 nitrogen and oxygen atoms in total. The van der Waals surface area contributed by atoms with Crippen molar-refractivity contribution in [2.24, 2.45) is 0 Å². The van der Waals surface area contributed by atoms with Crippen LogP contribution in [0.1, 0.15) is 30.7 Å². The number of rotatable bonds is 7. The van der Waals surface area contributed by atoms with Crippen molar-refractivity contribution in [1.82, 2.24) is 25.3 Å². The number of hydrogen-bond acceptors (Lipinski definition) is 9. The van der Waals surface area contributed by atoms with Gasteiger partial charge in [-0.2, -0.15) is 0 Å². The van der Waals surface area contributed by atoms with Gasteiger partial charge < -0.3 is 25.4 Å². The molecule has 2 aliphatic rings. The lowest BCUT2D eigenvalue weighted by Crippen LogP contribution is -2.23. The van der Waals surface area contributed by atoms with Gasteiger partial charge in [0.15, 0.2) is 5.82 Å². The van der Waals surface area contributed by atoms with Crippen molar-refractivity contribution < 1.29 is 9.47 Å². The molecule has 3 aromatic heterocycles. The van der Waals surface area contributed by atoms with Crippen LogP contribution >= 0.6 is 0 Å². The van der Waals surface area contributed by atoms with Crippen molar-refractivity contribution >= 4 is 28.2 Å². The van der Waals surface area contributed by atoms with Gasteiger partial charge in [0.1, 0.15) is 17.4 Å². The first kappa shape index (κ1) is 23.6. The molecule has 2 saturated heterocycles. The molecule has 0 saturated carbocycles. The van der Waals surface area contributed by atoms with Gasteiger partial charge in [-0.25, -0.2) is 15.0 Å². The summed E-state index contributed by atoms with van der Waals surface area (Å²) in [7, 11) is 1.64. The van der Waals surface area contributed by atoms with E-state index >= 15 is 0 Å². The van der Waals surface area contributed by atoms with Gasteiger partial charge in [0.2, 0.25) is 0 Å². The van der Waals surface area contributed by atoms with Gasteiger partial charge in [-0.15, -0.1) is 0 Å². The van der Waals surface area contributed by atoms with Crippen LogP contribution in [-0.4, -0.2) is 59.4 Å². The normalized spacial score (nSPS) is 18.1. The molecule has 1 atom stereocenters. The first-order chi connectivity index (χ1) is 18.3. The van der Waals surface area contributed by atoms with E-state index < -0.39 is 0 Å². The van der Waals surface area contributed by atoms with Crippen molar-refractivity contribution in [3.8, 4) is 17.1 Å². The lowest BCUT2D eigenvalue weighted by molar-refractivity contribution is 0.0853. The van der Waals surface area contributed by atoms with Gasteiger partial charge in [-0.3, -0.25) is 4.98 Å². The molecule has 190 valence electrons. The van der Waals surface area contributed by atoms with Crippen LogP contribution in [-0.2, 0) is 4.74 Å². The number of aromatic nitrogens is 4. The van der Waals surface area contributed by atoms with Gasteiger partial charge in [-0.05, 0) is 61.6 Å². The van der Waals surface area contributed by atoms with E-state index in [2.05, 4.69) is 50.2 Å². The first-order valence-corrected chi connectivity index (χ1v) is 12.8. The molecule has 0 bridgehead atoms. The van der Waals surface area contributed by atoms with Crippen molar-refractivity contribution in [2.75, 3.05) is 44.0 Å². The molecule has 0 spiro atoms. The summed E-state index contributed by atoms with van der Waals surface area (Å²) < 4.78 is 11.1. The van der Waals surface area contributed by atoms with Crippen molar-refractivity contribution in [2.45, 2.75) is 31.2 Å². The second-order valence-corrected chi connectivity index (χ2v) is 9.53. The Bertz CT molecular complexity index is 1370. The predicted octanol–water partition coefficient (Wildman–Crippen LogP) is 4.51. The molecular formula is C28H31N7O2. The number of nitrogens with zero attached hydrogens (tertiary/aromatic N) is 4. The lowest BCUT2D eigenvalue weighted by atomic mass is 9.92. The number of hydrogen-bond donors (Lipinski definition) is 3. The minimum atomic E-state index is 0.294. The third kappa shape index (κ3) is 5.19. The van der Waals surface area contributed by atoms with E-state index in [0.717, 1.165) is 79.4 Å². The topological polar surface area (TPSA) is 106 Å². The molecule has 5 heterocycles. The van der Waals surface area contributed by atoms with Gasteiger partial charge in [0.05, 0.1) is 30.4 Å². The van der Waals surface area contributed by atoms with Crippen LogP contribution in [0.2, 0.25) is 0 Å². The standard InChI is InChI=1S/C28H31N7O2/c1-36-24-17-30-16-23-26(24)28(33-22-7-10-29-15-22)35-27(34-23)20-6-11-31-25(14-20)32-21-4-2-18(3-5-21)19-8-12-37-13-9-19/h2-6,11,14,16-17,19,22,29H,7-10,12-13,15H2,1H3,(H,31,32)(H,33,34,35). The summed E-state index contributed by atoms with van der Waals surface area (Å²) in [6.07, 6.45) is 8.42. The zero-order valence-electron chi connectivity index (χ0n) is 20.9. The van der Waals surface area contributed by atoms with Crippen LogP contribution in [0.25, 0.3) is 22.3 Å². The Balaban J connectivity index is 1.28. The highest BCUT2D eigenvalue weighted by atomic mass is 16.5. The Morgan fingerprint density at radius 3 is 2.68 bits per heavy atom. The van der Waals surface area contributed by atoms with Gasteiger partial charge >= 0.3 is 0 Å². The second kappa shape index (κ2) is 10.7. The number of anilines is 3. The summed E-state index contributed by atoms with van der Waals surface area (Å²) in [5.41, 5.74) is 3.95. The molecule has 0 aliphatic carbocycles. The molecule has 1 unspecified atom stereocenters. The highest BCUT2D eigenvalue weighted by Gasteiger charge is 2.20. The van der Waals surface area contributed by atoms with Crippen molar-refractivity contribution in [3.05, 3.63) is 60.6 Å². The van der Waals surface area contributed by atoms with Gasteiger partial charge in [-0.1, -0.05) is 12.1 Å². The largest absolute Gasteiger partial charge is 0.494 e. The molecule has 0 radical (unpaired) electrons. The van der Waals surface area contributed by atoms with E-state index in [1.54, 1.807) is 25.7 Å². The van der Waals surface area contributed by atoms with Crippen molar-refractivity contribution in [1.29, 1.82) is 0 Å². The van der Waals surface area contributed by atoms with Crippen LogP contribution in [0.15, 0.2) is 55.0 Å². The number of nitrogens with one attached hydrogen (secondary N) is 3. The maximum Gasteiger partial charge on any atom is 0.162 e. The quantitative estimate of drug-likeness (QED) is 0.340. The number of fused-ring (bicyclic) bond motifs is 1. The van der Waals surface area contributed by atoms with Crippen molar-refractivity contribution in [3.63, 3.8) is 0 Å². The molecule has 0 amide bonds. The monoisotopic (exact) mass is 497 g/mol. The Morgan fingerprint density at radius 1 is 1.03 bits per heavy atom. The van der Waals surface area contributed by atoms with Crippen LogP contribution in [0.5, 0.6) is 5.75 Å². The molecule has 9 heteroatoms. The van der Waals surface area contributed by atoms with Crippen LogP contribution in [0.4, 0.5) is 17.3 Å². The fourth-order valence-corrected chi connectivity index (χ4v) is 5.07. The maximum absolute atomic E-state index is 5.59. The summed E-state index contributed by atoms with van der Waals surface area (Å²) in [6, 6.07) is 12.8. The first-order valence-electron chi connectivity index (χ1n) is 12.8. The zero-order valence-corrected chi connectivity index (χ0v) is 20.9. The maximum atomic E-state index is 5.59. The fourth-order valence-electron chi connectivity index (χ4n) is 5.07. The third-order valence-corrected chi connectivity index (χ3v) is 7.09. The molecule has 4 aromatic rings. The second-order valence-electron chi connectivity index (χ2n) is 9.53. The molecule has 1 aromatic carbocycles. The van der Waals surface area contributed by atoms with E-state index in [4.69, 9.17) is 19.4 Å². The Hall–Kier alpha value is -3.82. The highest BCUT2D eigenvalue weighted by Crippen LogP contribution is 2.33. The number of methoxy groups -OCH3 is 1. The van der Waals surface area contributed by atoms with E-state index in [1.165, 1.54) is 5.56 Å². The third-order valence-electron chi connectivity index (χ3n) is 7.09. The molecule has 37 heavy (non-hydrogen) atoms. The van der Waals surface area contributed by atoms with E-state index in [-0.39, 0.29) is 0 Å².